The van der Waals surface area contributed by atoms with E-state index in [0.29, 0.717) is 24.6 Å². The Morgan fingerprint density at radius 2 is 2.33 bits per heavy atom. The maximum Gasteiger partial charge on any atom is 0.234 e. The maximum absolute atomic E-state index is 11.4. The molecule has 86 valence electrons. The van der Waals surface area contributed by atoms with Crippen LogP contribution in [0.3, 0.4) is 0 Å². The average Bonchev–Trinajstić information content (AvgIpc) is 2.68. The van der Waals surface area contributed by atoms with Crippen LogP contribution in [0.2, 0.25) is 0 Å². The molecule has 0 aromatic heterocycles. The first-order valence-corrected chi connectivity index (χ1v) is 5.87. The number of hydrogen-bond acceptors (Lipinski definition) is 3. The van der Waals surface area contributed by atoms with Crippen LogP contribution in [0.5, 0.6) is 0 Å². The van der Waals surface area contributed by atoms with E-state index in [-0.39, 0.29) is 5.91 Å². The number of hydrogen-bond donors (Lipinski definition) is 2. The first kappa shape index (κ1) is 10.9. The van der Waals surface area contributed by atoms with E-state index in [1.54, 1.807) is 0 Å². The zero-order chi connectivity index (χ0) is 10.7. The molecule has 1 aliphatic carbocycles. The molecular weight excluding hydrogens is 192 g/mol. The molecule has 2 N–H and O–H groups in total. The highest BCUT2D eigenvalue weighted by atomic mass is 16.5. The summed E-state index contributed by atoms with van der Waals surface area (Å²) in [5.74, 6) is 0.787. The molecule has 0 spiro atoms. The second-order valence-corrected chi connectivity index (χ2v) is 4.65. The first-order chi connectivity index (χ1) is 7.25. The molecule has 3 unspecified atom stereocenters. The van der Waals surface area contributed by atoms with Gasteiger partial charge in [0, 0.05) is 19.2 Å². The molecule has 1 saturated carbocycles. The molecule has 0 bridgehead atoms. The molecule has 1 amide bonds. The normalized spacial score (nSPS) is 34.1. The van der Waals surface area contributed by atoms with Crippen molar-refractivity contribution in [1.29, 1.82) is 0 Å². The Bertz CT molecular complexity index is 227. The van der Waals surface area contributed by atoms with E-state index < -0.39 is 0 Å². The Morgan fingerprint density at radius 3 is 2.93 bits per heavy atom. The number of ether oxygens (including phenoxy) is 1. The van der Waals surface area contributed by atoms with E-state index >= 15 is 0 Å². The van der Waals surface area contributed by atoms with Gasteiger partial charge in [0.1, 0.15) is 0 Å². The van der Waals surface area contributed by atoms with Crippen LogP contribution in [0, 0.1) is 5.92 Å². The van der Waals surface area contributed by atoms with Gasteiger partial charge < -0.3 is 15.4 Å². The van der Waals surface area contributed by atoms with Gasteiger partial charge in [0.05, 0.1) is 12.6 Å². The topological polar surface area (TPSA) is 50.4 Å². The van der Waals surface area contributed by atoms with Crippen LogP contribution in [-0.2, 0) is 9.53 Å². The van der Waals surface area contributed by atoms with E-state index in [2.05, 4.69) is 17.6 Å². The SMILES string of the molecule is CC1CC1NC(=O)CNCC1CCCO1. The predicted molar refractivity (Wildman–Crippen MR) is 57.6 cm³/mol. The van der Waals surface area contributed by atoms with Crippen LogP contribution in [0.1, 0.15) is 26.2 Å². The van der Waals surface area contributed by atoms with Crippen molar-refractivity contribution in [3.05, 3.63) is 0 Å². The quantitative estimate of drug-likeness (QED) is 0.688. The molecule has 1 heterocycles. The van der Waals surface area contributed by atoms with Crippen molar-refractivity contribution >= 4 is 5.91 Å². The molecule has 1 aliphatic heterocycles. The van der Waals surface area contributed by atoms with Gasteiger partial charge in [0.2, 0.25) is 5.91 Å². The monoisotopic (exact) mass is 212 g/mol. The molecule has 1 saturated heterocycles. The van der Waals surface area contributed by atoms with Crippen molar-refractivity contribution in [1.82, 2.24) is 10.6 Å². The summed E-state index contributed by atoms with van der Waals surface area (Å²) in [6.45, 7) is 4.25. The minimum atomic E-state index is 0.113. The van der Waals surface area contributed by atoms with Gasteiger partial charge in [0.15, 0.2) is 0 Å². The summed E-state index contributed by atoms with van der Waals surface area (Å²) in [4.78, 5) is 11.4. The van der Waals surface area contributed by atoms with E-state index in [1.807, 2.05) is 0 Å². The summed E-state index contributed by atoms with van der Waals surface area (Å²) in [6.07, 6.45) is 3.72. The van der Waals surface area contributed by atoms with Crippen LogP contribution in [-0.4, -0.2) is 37.7 Å². The molecule has 2 rings (SSSR count). The van der Waals surface area contributed by atoms with Gasteiger partial charge in [-0.1, -0.05) is 6.92 Å². The summed E-state index contributed by atoms with van der Waals surface area (Å²) in [5, 5.41) is 6.12. The van der Waals surface area contributed by atoms with Crippen LogP contribution in [0.25, 0.3) is 0 Å². The average molecular weight is 212 g/mol. The molecule has 0 aromatic rings. The Balaban J connectivity index is 1.51. The Labute approximate surface area is 90.8 Å². The molecule has 3 atom stereocenters. The van der Waals surface area contributed by atoms with Crippen molar-refractivity contribution in [2.75, 3.05) is 19.7 Å². The molecular formula is C11H20N2O2. The van der Waals surface area contributed by atoms with Crippen LogP contribution in [0.15, 0.2) is 0 Å². The molecule has 0 aromatic carbocycles. The van der Waals surface area contributed by atoms with Crippen molar-refractivity contribution in [2.45, 2.75) is 38.3 Å². The van der Waals surface area contributed by atoms with Gasteiger partial charge in [-0.25, -0.2) is 0 Å². The maximum atomic E-state index is 11.4. The lowest BCUT2D eigenvalue weighted by molar-refractivity contribution is -0.120. The van der Waals surface area contributed by atoms with Crippen molar-refractivity contribution in [2.24, 2.45) is 5.92 Å². The second-order valence-electron chi connectivity index (χ2n) is 4.65. The zero-order valence-corrected chi connectivity index (χ0v) is 9.29. The summed E-state index contributed by atoms with van der Waals surface area (Å²) >= 11 is 0. The summed E-state index contributed by atoms with van der Waals surface area (Å²) in [6, 6.07) is 0.432. The smallest absolute Gasteiger partial charge is 0.234 e. The van der Waals surface area contributed by atoms with Gasteiger partial charge in [-0.15, -0.1) is 0 Å². The van der Waals surface area contributed by atoms with Gasteiger partial charge in [-0.2, -0.15) is 0 Å². The Hall–Kier alpha value is -0.610. The highest BCUT2D eigenvalue weighted by Gasteiger charge is 2.33. The molecule has 2 fully saturated rings. The second kappa shape index (κ2) is 4.94. The van der Waals surface area contributed by atoms with Crippen molar-refractivity contribution < 1.29 is 9.53 Å². The summed E-state index contributed by atoms with van der Waals surface area (Å²) < 4.78 is 5.45. The third-order valence-electron chi connectivity index (χ3n) is 3.14. The third-order valence-corrected chi connectivity index (χ3v) is 3.14. The molecule has 4 nitrogen and oxygen atoms in total. The van der Waals surface area contributed by atoms with Crippen LogP contribution < -0.4 is 10.6 Å². The fraction of sp³-hybridized carbons (Fsp3) is 0.909. The van der Waals surface area contributed by atoms with E-state index in [1.165, 1.54) is 0 Å². The molecule has 15 heavy (non-hydrogen) atoms. The highest BCUT2D eigenvalue weighted by molar-refractivity contribution is 5.78. The van der Waals surface area contributed by atoms with Gasteiger partial charge >= 0.3 is 0 Å². The number of carbonyl (C=O) groups excluding carboxylic acids is 1. The fourth-order valence-electron chi connectivity index (χ4n) is 1.93. The molecule has 4 heteroatoms. The van der Waals surface area contributed by atoms with Crippen LogP contribution >= 0.6 is 0 Å². The Morgan fingerprint density at radius 1 is 1.53 bits per heavy atom. The lowest BCUT2D eigenvalue weighted by atomic mass is 10.2. The first-order valence-electron chi connectivity index (χ1n) is 5.87. The largest absolute Gasteiger partial charge is 0.377 e. The lowest BCUT2D eigenvalue weighted by Crippen LogP contribution is -2.38. The fourth-order valence-corrected chi connectivity index (χ4v) is 1.93. The third kappa shape index (κ3) is 3.47. The van der Waals surface area contributed by atoms with Crippen molar-refractivity contribution in [3.63, 3.8) is 0 Å². The highest BCUT2D eigenvalue weighted by Crippen LogP contribution is 2.28. The van der Waals surface area contributed by atoms with Crippen LogP contribution in [0.4, 0.5) is 0 Å². The minimum Gasteiger partial charge on any atom is -0.377 e. The predicted octanol–water partition coefficient (Wildman–Crippen LogP) is 0.280. The number of amides is 1. The Kier molecular flexibility index (Phi) is 3.59. The zero-order valence-electron chi connectivity index (χ0n) is 9.29. The number of carbonyl (C=O) groups is 1. The molecule has 2 aliphatic rings. The molecule has 0 radical (unpaired) electrons. The van der Waals surface area contributed by atoms with Crippen molar-refractivity contribution in [3.8, 4) is 0 Å². The summed E-state index contributed by atoms with van der Waals surface area (Å²) in [5.41, 5.74) is 0. The van der Waals surface area contributed by atoms with Gasteiger partial charge in [-0.05, 0) is 25.2 Å². The summed E-state index contributed by atoms with van der Waals surface area (Å²) in [7, 11) is 0. The van der Waals surface area contributed by atoms with Gasteiger partial charge in [-0.3, -0.25) is 4.79 Å². The lowest BCUT2D eigenvalue weighted by Gasteiger charge is -2.10. The van der Waals surface area contributed by atoms with E-state index in [0.717, 1.165) is 32.4 Å². The van der Waals surface area contributed by atoms with Gasteiger partial charge in [0.25, 0.3) is 0 Å². The van der Waals surface area contributed by atoms with E-state index in [9.17, 15) is 4.79 Å². The minimum absolute atomic E-state index is 0.113. The standard InChI is InChI=1S/C11H20N2O2/c1-8-5-10(8)13-11(14)7-12-6-9-3-2-4-15-9/h8-10,12H,2-7H2,1H3,(H,13,14). The number of nitrogens with one attached hydrogen (secondary N) is 2. The van der Waals surface area contributed by atoms with E-state index in [4.69, 9.17) is 4.74 Å². The number of rotatable bonds is 5.